The monoisotopic (exact) mass is 288 g/mol. The lowest BCUT2D eigenvalue weighted by molar-refractivity contribution is 0.886. The van der Waals surface area contributed by atoms with Crippen LogP contribution in [-0.4, -0.2) is 6.26 Å². The van der Waals surface area contributed by atoms with Crippen molar-refractivity contribution in [3.8, 4) is 0 Å². The Morgan fingerprint density at radius 3 is 1.60 bits per heavy atom. The molecule has 0 spiro atoms. The Hall–Kier alpha value is -1.21. The molecule has 0 radical (unpaired) electrons. The molecule has 0 nitrogen and oxygen atoms in total. The molecule has 0 aliphatic heterocycles. The number of hydrogen-bond acceptors (Lipinski definition) is 1. The van der Waals surface area contributed by atoms with E-state index in [0.717, 1.165) is 0 Å². The maximum absolute atomic E-state index is 2.19. The minimum absolute atomic E-state index is 1.32. The molecule has 0 fully saturated rings. The highest BCUT2D eigenvalue weighted by molar-refractivity contribution is 7.98. The fourth-order valence-corrected chi connectivity index (χ4v) is 1.80. The number of benzene rings is 2. The molecule has 20 heavy (non-hydrogen) atoms. The van der Waals surface area contributed by atoms with E-state index in [2.05, 4.69) is 70.3 Å². The predicted molar refractivity (Wildman–Crippen MR) is 94.7 cm³/mol. The average Bonchev–Trinajstić information content (AvgIpc) is 2.49. The third kappa shape index (κ3) is 10.7. The van der Waals surface area contributed by atoms with E-state index in [1.165, 1.54) is 28.9 Å². The van der Waals surface area contributed by atoms with Crippen LogP contribution in [0.2, 0.25) is 0 Å². The second kappa shape index (κ2) is 12.8. The summed E-state index contributed by atoms with van der Waals surface area (Å²) in [6.45, 7) is 8.56. The smallest absolute Gasteiger partial charge is 0.00717 e. The predicted octanol–water partition coefficient (Wildman–Crippen LogP) is 6.52. The lowest BCUT2D eigenvalue weighted by Gasteiger charge is -1.94. The molecule has 0 unspecified atom stereocenters. The summed E-state index contributed by atoms with van der Waals surface area (Å²) in [6.07, 6.45) is 4.73. The number of rotatable bonds is 2. The summed E-state index contributed by atoms with van der Waals surface area (Å²) in [7, 11) is 0. The summed E-state index contributed by atoms with van der Waals surface area (Å²) >= 11 is 1.78. The molecule has 0 aromatic heterocycles. The SMILES string of the molecule is CCCC.CSc1cccc(C)c1.Cc1ccccc1. The Labute approximate surface area is 129 Å². The molecule has 2 aromatic carbocycles. The van der Waals surface area contributed by atoms with Crippen molar-refractivity contribution in [2.24, 2.45) is 0 Å². The zero-order chi connectivity index (χ0) is 15.2. The number of hydrogen-bond donors (Lipinski definition) is 0. The zero-order valence-corrected chi connectivity index (χ0v) is 14.3. The second-order valence-corrected chi connectivity index (χ2v) is 5.55. The Morgan fingerprint density at radius 2 is 1.30 bits per heavy atom. The lowest BCUT2D eigenvalue weighted by Crippen LogP contribution is -1.71. The van der Waals surface area contributed by atoms with Crippen LogP contribution in [0.5, 0.6) is 0 Å². The van der Waals surface area contributed by atoms with E-state index in [4.69, 9.17) is 0 Å². The van der Waals surface area contributed by atoms with Crippen molar-refractivity contribution in [2.45, 2.75) is 45.4 Å². The summed E-state index contributed by atoms with van der Waals surface area (Å²) in [5, 5.41) is 0. The van der Waals surface area contributed by atoms with Gasteiger partial charge in [-0.1, -0.05) is 80.3 Å². The Bertz CT molecular complexity index is 433. The van der Waals surface area contributed by atoms with Crippen molar-refractivity contribution >= 4 is 11.8 Å². The number of aryl methyl sites for hydroxylation is 2. The summed E-state index contributed by atoms with van der Waals surface area (Å²) in [5.41, 5.74) is 2.66. The molecule has 0 bridgehead atoms. The maximum Gasteiger partial charge on any atom is 0.00717 e. The average molecular weight is 288 g/mol. The molecule has 1 heteroatoms. The van der Waals surface area contributed by atoms with E-state index >= 15 is 0 Å². The topological polar surface area (TPSA) is 0 Å². The van der Waals surface area contributed by atoms with Gasteiger partial charge >= 0.3 is 0 Å². The molecule has 0 N–H and O–H groups in total. The van der Waals surface area contributed by atoms with Crippen LogP contribution in [-0.2, 0) is 0 Å². The third-order valence-electron chi connectivity index (χ3n) is 2.67. The minimum Gasteiger partial charge on any atom is -0.130 e. The molecule has 0 aliphatic rings. The van der Waals surface area contributed by atoms with Crippen molar-refractivity contribution in [2.75, 3.05) is 6.26 Å². The molecule has 0 saturated heterocycles. The van der Waals surface area contributed by atoms with Crippen LogP contribution >= 0.6 is 11.8 Å². The fourth-order valence-electron chi connectivity index (χ4n) is 1.28. The van der Waals surface area contributed by atoms with Crippen molar-refractivity contribution in [3.63, 3.8) is 0 Å². The summed E-state index contributed by atoms with van der Waals surface area (Å²) in [5.74, 6) is 0. The van der Waals surface area contributed by atoms with Gasteiger partial charge in [-0.3, -0.25) is 0 Å². The molecular weight excluding hydrogens is 260 g/mol. The Kier molecular flexibility index (Phi) is 12.0. The van der Waals surface area contributed by atoms with Crippen LogP contribution in [0.25, 0.3) is 0 Å². The fraction of sp³-hybridized carbons (Fsp3) is 0.368. The summed E-state index contributed by atoms with van der Waals surface area (Å²) in [4.78, 5) is 1.34. The van der Waals surface area contributed by atoms with Crippen LogP contribution in [0.4, 0.5) is 0 Å². The first-order chi connectivity index (χ1) is 9.63. The largest absolute Gasteiger partial charge is 0.130 e. The van der Waals surface area contributed by atoms with Crippen LogP contribution < -0.4 is 0 Å². The maximum atomic E-state index is 2.19. The normalized spacial score (nSPS) is 8.85. The van der Waals surface area contributed by atoms with E-state index in [1.807, 2.05) is 18.2 Å². The first-order valence-corrected chi connectivity index (χ1v) is 8.48. The van der Waals surface area contributed by atoms with Gasteiger partial charge in [-0.25, -0.2) is 0 Å². The molecule has 0 saturated carbocycles. The van der Waals surface area contributed by atoms with E-state index in [-0.39, 0.29) is 0 Å². The van der Waals surface area contributed by atoms with Gasteiger partial charge in [0, 0.05) is 4.90 Å². The molecule has 0 amide bonds. The van der Waals surface area contributed by atoms with Crippen LogP contribution in [0.1, 0.15) is 37.8 Å². The van der Waals surface area contributed by atoms with Gasteiger partial charge in [0.05, 0.1) is 0 Å². The first kappa shape index (κ1) is 18.8. The van der Waals surface area contributed by atoms with Crippen LogP contribution in [0.3, 0.4) is 0 Å². The second-order valence-electron chi connectivity index (χ2n) is 4.68. The minimum atomic E-state index is 1.32. The Balaban J connectivity index is 0.000000293. The summed E-state index contributed by atoms with van der Waals surface area (Å²) < 4.78 is 0. The Morgan fingerprint density at radius 1 is 0.750 bits per heavy atom. The molecule has 0 atom stereocenters. The third-order valence-corrected chi connectivity index (χ3v) is 3.39. The highest BCUT2D eigenvalue weighted by atomic mass is 32.2. The highest BCUT2D eigenvalue weighted by Gasteiger charge is 1.86. The van der Waals surface area contributed by atoms with Crippen LogP contribution in [0.15, 0.2) is 59.5 Å². The van der Waals surface area contributed by atoms with Gasteiger partial charge in [0.15, 0.2) is 0 Å². The van der Waals surface area contributed by atoms with Crippen molar-refractivity contribution in [1.82, 2.24) is 0 Å². The first-order valence-electron chi connectivity index (χ1n) is 7.26. The summed E-state index contributed by atoms with van der Waals surface area (Å²) in [6, 6.07) is 18.8. The molecule has 0 aliphatic carbocycles. The van der Waals surface area contributed by atoms with Crippen molar-refractivity contribution in [3.05, 3.63) is 65.7 Å². The highest BCUT2D eigenvalue weighted by Crippen LogP contribution is 2.14. The van der Waals surface area contributed by atoms with Crippen LogP contribution in [0, 0.1) is 13.8 Å². The van der Waals surface area contributed by atoms with E-state index in [1.54, 1.807) is 11.8 Å². The van der Waals surface area contributed by atoms with Gasteiger partial charge in [0.25, 0.3) is 0 Å². The van der Waals surface area contributed by atoms with Gasteiger partial charge in [-0.2, -0.15) is 0 Å². The van der Waals surface area contributed by atoms with Gasteiger partial charge in [0.1, 0.15) is 0 Å². The standard InChI is InChI=1S/C8H10S.C7H8.C4H10/c1-7-4-3-5-8(6-7)9-2;1-7-5-3-2-4-6-7;1-3-4-2/h3-6H,1-2H3;2-6H,1H3;3-4H2,1-2H3. The molecule has 2 rings (SSSR count). The quantitative estimate of drug-likeness (QED) is 0.567. The molecule has 110 valence electrons. The lowest BCUT2D eigenvalue weighted by atomic mass is 10.2. The number of thioether (sulfide) groups is 1. The van der Waals surface area contributed by atoms with E-state index in [0.29, 0.717) is 0 Å². The van der Waals surface area contributed by atoms with Crippen molar-refractivity contribution in [1.29, 1.82) is 0 Å². The van der Waals surface area contributed by atoms with E-state index in [9.17, 15) is 0 Å². The van der Waals surface area contributed by atoms with Gasteiger partial charge in [0.2, 0.25) is 0 Å². The molecule has 2 aromatic rings. The van der Waals surface area contributed by atoms with E-state index < -0.39 is 0 Å². The zero-order valence-electron chi connectivity index (χ0n) is 13.5. The van der Waals surface area contributed by atoms with Gasteiger partial charge in [-0.05, 0) is 32.2 Å². The number of unbranched alkanes of at least 4 members (excludes halogenated alkanes) is 1. The van der Waals surface area contributed by atoms with Gasteiger partial charge < -0.3 is 0 Å². The molecular formula is C19H28S. The van der Waals surface area contributed by atoms with Gasteiger partial charge in [-0.15, -0.1) is 11.8 Å². The molecule has 0 heterocycles. The van der Waals surface area contributed by atoms with Crippen molar-refractivity contribution < 1.29 is 0 Å².